The molecule has 0 heterocycles. The van der Waals surface area contributed by atoms with Gasteiger partial charge in [-0.05, 0) is 48.7 Å². The summed E-state index contributed by atoms with van der Waals surface area (Å²) in [5.41, 5.74) is 2.54. The van der Waals surface area contributed by atoms with Crippen LogP contribution in [0.1, 0.15) is 21.5 Å². The summed E-state index contributed by atoms with van der Waals surface area (Å²) in [5.74, 6) is 2.08. The van der Waals surface area contributed by atoms with Gasteiger partial charge in [0.1, 0.15) is 17.1 Å². The molecule has 0 aliphatic rings. The average Bonchev–Trinajstić information content (AvgIpc) is 2.67. The maximum Gasteiger partial charge on any atom is 0.258 e. The Bertz CT molecular complexity index is 751. The van der Waals surface area contributed by atoms with Gasteiger partial charge in [0, 0.05) is 6.54 Å². The largest absolute Gasteiger partial charge is 0.496 e. The fraction of sp³-hybridized carbons (Fsp3) is 0.350. The van der Waals surface area contributed by atoms with Crippen LogP contribution in [-0.2, 0) is 6.42 Å². The highest BCUT2D eigenvalue weighted by molar-refractivity contribution is 5.99. The molecule has 0 aromatic heterocycles. The van der Waals surface area contributed by atoms with Gasteiger partial charge < -0.3 is 24.3 Å². The standard InChI is InChI=1S/C20H25NO5/c1-13-11-17(25-4)18(26-5)12-14(13)9-10-21-20(22)19-15(23-2)7-6-8-16(19)24-3/h6-8,11-12H,9-10H2,1-5H3,(H,21,22). The lowest BCUT2D eigenvalue weighted by Gasteiger charge is -2.15. The van der Waals surface area contributed by atoms with E-state index in [1.807, 2.05) is 19.1 Å². The molecule has 140 valence electrons. The molecule has 0 unspecified atom stereocenters. The van der Waals surface area contributed by atoms with Crippen LogP contribution in [0.5, 0.6) is 23.0 Å². The third-order valence-electron chi connectivity index (χ3n) is 4.18. The highest BCUT2D eigenvalue weighted by atomic mass is 16.5. The molecular weight excluding hydrogens is 334 g/mol. The van der Waals surface area contributed by atoms with E-state index < -0.39 is 0 Å². The van der Waals surface area contributed by atoms with E-state index in [0.29, 0.717) is 41.5 Å². The van der Waals surface area contributed by atoms with Crippen molar-refractivity contribution in [3.8, 4) is 23.0 Å². The Morgan fingerprint density at radius 1 is 0.885 bits per heavy atom. The average molecular weight is 359 g/mol. The number of methoxy groups -OCH3 is 4. The summed E-state index contributed by atoms with van der Waals surface area (Å²) in [4.78, 5) is 12.6. The van der Waals surface area contributed by atoms with E-state index >= 15 is 0 Å². The number of aryl methyl sites for hydroxylation is 1. The molecule has 0 saturated carbocycles. The molecule has 0 atom stereocenters. The van der Waals surface area contributed by atoms with Crippen LogP contribution in [0.3, 0.4) is 0 Å². The highest BCUT2D eigenvalue weighted by Gasteiger charge is 2.18. The van der Waals surface area contributed by atoms with E-state index in [1.54, 1.807) is 32.4 Å². The van der Waals surface area contributed by atoms with E-state index in [2.05, 4.69) is 5.32 Å². The first-order valence-corrected chi connectivity index (χ1v) is 8.26. The van der Waals surface area contributed by atoms with Gasteiger partial charge in [0.25, 0.3) is 5.91 Å². The van der Waals surface area contributed by atoms with Crippen LogP contribution in [0, 0.1) is 6.92 Å². The summed E-state index contributed by atoms with van der Waals surface area (Å²) < 4.78 is 21.2. The molecular formula is C20H25NO5. The Morgan fingerprint density at radius 2 is 1.42 bits per heavy atom. The van der Waals surface area contributed by atoms with Crippen LogP contribution in [0.4, 0.5) is 0 Å². The molecule has 0 aliphatic carbocycles. The van der Waals surface area contributed by atoms with Crippen LogP contribution in [0.2, 0.25) is 0 Å². The van der Waals surface area contributed by atoms with E-state index in [0.717, 1.165) is 11.1 Å². The summed E-state index contributed by atoms with van der Waals surface area (Å²) in [6.07, 6.45) is 0.662. The van der Waals surface area contributed by atoms with Crippen molar-refractivity contribution < 1.29 is 23.7 Å². The van der Waals surface area contributed by atoms with E-state index in [-0.39, 0.29) is 5.91 Å². The van der Waals surface area contributed by atoms with Crippen molar-refractivity contribution in [1.29, 1.82) is 0 Å². The minimum Gasteiger partial charge on any atom is -0.496 e. The Balaban J connectivity index is 2.10. The van der Waals surface area contributed by atoms with Gasteiger partial charge in [0.05, 0.1) is 28.4 Å². The number of benzene rings is 2. The molecule has 0 bridgehead atoms. The predicted molar refractivity (Wildman–Crippen MR) is 99.9 cm³/mol. The summed E-state index contributed by atoms with van der Waals surface area (Å²) in [6.45, 7) is 2.47. The minimum atomic E-state index is -0.238. The lowest BCUT2D eigenvalue weighted by Crippen LogP contribution is -2.26. The Labute approximate surface area is 154 Å². The number of amides is 1. The molecule has 2 rings (SSSR count). The van der Waals surface area contributed by atoms with Gasteiger partial charge in [-0.15, -0.1) is 0 Å². The van der Waals surface area contributed by atoms with Crippen LogP contribution >= 0.6 is 0 Å². The van der Waals surface area contributed by atoms with Crippen LogP contribution < -0.4 is 24.3 Å². The molecule has 0 aliphatic heterocycles. The number of carbonyl (C=O) groups excluding carboxylic acids is 1. The summed E-state index contributed by atoms with van der Waals surface area (Å²) in [6, 6.07) is 9.11. The molecule has 0 fully saturated rings. The summed E-state index contributed by atoms with van der Waals surface area (Å²) in [7, 11) is 6.27. The SMILES string of the molecule is COc1cc(C)c(CCNC(=O)c2c(OC)cccc2OC)cc1OC. The van der Waals surface area contributed by atoms with Crippen LogP contribution in [0.25, 0.3) is 0 Å². The maximum atomic E-state index is 12.6. The Kier molecular flexibility index (Phi) is 6.72. The molecule has 2 aromatic rings. The first kappa shape index (κ1) is 19.4. The zero-order valence-corrected chi connectivity index (χ0v) is 15.8. The second-order valence-electron chi connectivity index (χ2n) is 5.68. The third-order valence-corrected chi connectivity index (χ3v) is 4.18. The first-order valence-electron chi connectivity index (χ1n) is 8.26. The van der Waals surface area contributed by atoms with Crippen LogP contribution in [0.15, 0.2) is 30.3 Å². The fourth-order valence-corrected chi connectivity index (χ4v) is 2.77. The molecule has 1 amide bonds. The molecule has 0 spiro atoms. The number of carbonyl (C=O) groups is 1. The number of ether oxygens (including phenoxy) is 4. The van der Waals surface area contributed by atoms with Gasteiger partial charge in [-0.2, -0.15) is 0 Å². The molecule has 0 saturated heterocycles. The van der Waals surface area contributed by atoms with Gasteiger partial charge in [0.15, 0.2) is 11.5 Å². The van der Waals surface area contributed by atoms with Crippen molar-refractivity contribution in [2.24, 2.45) is 0 Å². The van der Waals surface area contributed by atoms with Crippen molar-refractivity contribution in [2.75, 3.05) is 35.0 Å². The number of rotatable bonds is 8. The van der Waals surface area contributed by atoms with Crippen molar-refractivity contribution in [2.45, 2.75) is 13.3 Å². The Morgan fingerprint density at radius 3 is 1.96 bits per heavy atom. The number of hydrogen-bond donors (Lipinski definition) is 1. The molecule has 6 heteroatoms. The second kappa shape index (κ2) is 8.99. The van der Waals surface area contributed by atoms with E-state index in [1.165, 1.54) is 14.2 Å². The van der Waals surface area contributed by atoms with Crippen molar-refractivity contribution in [1.82, 2.24) is 5.32 Å². The maximum absolute atomic E-state index is 12.6. The summed E-state index contributed by atoms with van der Waals surface area (Å²) in [5, 5.41) is 2.92. The lowest BCUT2D eigenvalue weighted by molar-refractivity contribution is 0.0948. The number of nitrogens with one attached hydrogen (secondary N) is 1. The quantitative estimate of drug-likeness (QED) is 0.785. The minimum absolute atomic E-state index is 0.238. The molecule has 26 heavy (non-hydrogen) atoms. The molecule has 6 nitrogen and oxygen atoms in total. The van der Waals surface area contributed by atoms with Gasteiger partial charge in [-0.25, -0.2) is 0 Å². The third kappa shape index (κ3) is 4.20. The monoisotopic (exact) mass is 359 g/mol. The lowest BCUT2D eigenvalue weighted by atomic mass is 10.0. The Hall–Kier alpha value is -2.89. The van der Waals surface area contributed by atoms with Crippen molar-refractivity contribution in [3.05, 3.63) is 47.0 Å². The zero-order valence-electron chi connectivity index (χ0n) is 15.8. The van der Waals surface area contributed by atoms with E-state index in [9.17, 15) is 4.79 Å². The smallest absolute Gasteiger partial charge is 0.258 e. The number of hydrogen-bond acceptors (Lipinski definition) is 5. The first-order chi connectivity index (χ1) is 12.5. The second-order valence-corrected chi connectivity index (χ2v) is 5.68. The van der Waals surface area contributed by atoms with Crippen LogP contribution in [-0.4, -0.2) is 40.9 Å². The van der Waals surface area contributed by atoms with Crippen molar-refractivity contribution in [3.63, 3.8) is 0 Å². The van der Waals surface area contributed by atoms with E-state index in [4.69, 9.17) is 18.9 Å². The van der Waals surface area contributed by atoms with Crippen molar-refractivity contribution >= 4 is 5.91 Å². The topological polar surface area (TPSA) is 66.0 Å². The normalized spacial score (nSPS) is 10.2. The van der Waals surface area contributed by atoms with Gasteiger partial charge >= 0.3 is 0 Å². The molecule has 0 radical (unpaired) electrons. The highest BCUT2D eigenvalue weighted by Crippen LogP contribution is 2.31. The predicted octanol–water partition coefficient (Wildman–Crippen LogP) is 3.00. The zero-order chi connectivity index (χ0) is 19.1. The van der Waals surface area contributed by atoms with Gasteiger partial charge in [0.2, 0.25) is 0 Å². The fourth-order valence-electron chi connectivity index (χ4n) is 2.77. The molecule has 2 aromatic carbocycles. The summed E-state index contributed by atoms with van der Waals surface area (Å²) >= 11 is 0. The molecule has 1 N–H and O–H groups in total. The van der Waals surface area contributed by atoms with Gasteiger partial charge in [-0.3, -0.25) is 4.79 Å². The van der Waals surface area contributed by atoms with Gasteiger partial charge in [-0.1, -0.05) is 6.07 Å².